The van der Waals surface area contributed by atoms with Crippen molar-refractivity contribution >= 4 is 17.9 Å². The fraction of sp³-hybridized carbons (Fsp3) is 0.783. The third kappa shape index (κ3) is 3.67. The summed E-state index contributed by atoms with van der Waals surface area (Å²) in [6, 6.07) is 0. The largest absolute Gasteiger partial charge is 0.456 e. The molecular formula is C23H30O8. The van der Waals surface area contributed by atoms with Crippen LogP contribution in [0.3, 0.4) is 0 Å². The third-order valence-corrected chi connectivity index (χ3v) is 7.62. The fourth-order valence-electron chi connectivity index (χ4n) is 6.94. The van der Waals surface area contributed by atoms with Gasteiger partial charge in [-0.25, -0.2) is 4.79 Å². The maximum Gasteiger partial charge on any atom is 0.330 e. The maximum absolute atomic E-state index is 13.4. The van der Waals surface area contributed by atoms with Crippen LogP contribution in [0.2, 0.25) is 0 Å². The minimum absolute atomic E-state index is 0.0722. The molecule has 170 valence electrons. The molecule has 4 atom stereocenters. The molecule has 2 heterocycles. The van der Waals surface area contributed by atoms with E-state index in [-0.39, 0.29) is 17.9 Å². The van der Waals surface area contributed by atoms with Crippen molar-refractivity contribution in [3.63, 3.8) is 0 Å². The molecule has 6 fully saturated rings. The molecular weight excluding hydrogens is 404 g/mol. The number of hydrogen-bond acceptors (Lipinski definition) is 8. The molecule has 4 unspecified atom stereocenters. The van der Waals surface area contributed by atoms with Crippen LogP contribution < -0.4 is 0 Å². The van der Waals surface area contributed by atoms with E-state index in [1.165, 1.54) is 0 Å². The van der Waals surface area contributed by atoms with Gasteiger partial charge < -0.3 is 23.7 Å². The van der Waals surface area contributed by atoms with Crippen LogP contribution in [0, 0.1) is 16.7 Å². The zero-order valence-corrected chi connectivity index (χ0v) is 17.8. The van der Waals surface area contributed by atoms with Crippen LogP contribution in [0.4, 0.5) is 0 Å². The van der Waals surface area contributed by atoms with Crippen LogP contribution >= 0.6 is 0 Å². The molecule has 2 aliphatic heterocycles. The van der Waals surface area contributed by atoms with Gasteiger partial charge in [-0.15, -0.1) is 0 Å². The number of carbonyl (C=O) groups excluding carboxylic acids is 3. The van der Waals surface area contributed by atoms with E-state index in [0.29, 0.717) is 64.6 Å². The Kier molecular flexibility index (Phi) is 5.13. The quantitative estimate of drug-likeness (QED) is 0.358. The molecule has 8 nitrogen and oxygen atoms in total. The van der Waals surface area contributed by atoms with Gasteiger partial charge in [-0.2, -0.15) is 0 Å². The molecule has 0 radical (unpaired) electrons. The van der Waals surface area contributed by atoms with Crippen molar-refractivity contribution in [1.29, 1.82) is 0 Å². The van der Waals surface area contributed by atoms with Crippen LogP contribution in [0.1, 0.15) is 64.2 Å². The minimum atomic E-state index is -0.893. The van der Waals surface area contributed by atoms with E-state index >= 15 is 0 Å². The number of ether oxygens (including phenoxy) is 5. The molecule has 0 spiro atoms. The Bertz CT molecular complexity index is 732. The lowest BCUT2D eigenvalue weighted by Gasteiger charge is -2.63. The smallest absolute Gasteiger partial charge is 0.330 e. The van der Waals surface area contributed by atoms with E-state index < -0.39 is 35.0 Å². The van der Waals surface area contributed by atoms with Crippen LogP contribution in [0.5, 0.6) is 0 Å². The lowest BCUT2D eigenvalue weighted by molar-refractivity contribution is -0.245. The molecule has 4 saturated carbocycles. The topological polar surface area (TPSA) is 97.4 Å². The first kappa shape index (κ1) is 20.9. The van der Waals surface area contributed by atoms with Gasteiger partial charge in [0.15, 0.2) is 0 Å². The van der Waals surface area contributed by atoms with Gasteiger partial charge in [0.25, 0.3) is 0 Å². The molecule has 0 N–H and O–H groups in total. The van der Waals surface area contributed by atoms with Gasteiger partial charge in [0.1, 0.15) is 5.60 Å². The average molecular weight is 434 g/mol. The summed E-state index contributed by atoms with van der Waals surface area (Å²) in [7, 11) is 0. The van der Waals surface area contributed by atoms with E-state index in [2.05, 4.69) is 6.58 Å². The summed E-state index contributed by atoms with van der Waals surface area (Å²) in [5, 5.41) is 0. The molecule has 0 amide bonds. The molecule has 0 aromatic heterocycles. The summed E-state index contributed by atoms with van der Waals surface area (Å²) < 4.78 is 28.3. The number of rotatable bonds is 6. The van der Waals surface area contributed by atoms with Crippen molar-refractivity contribution in [1.82, 2.24) is 0 Å². The summed E-state index contributed by atoms with van der Waals surface area (Å²) in [5.74, 6) is -1.16. The summed E-state index contributed by atoms with van der Waals surface area (Å²) in [4.78, 5) is 39.0. The normalized spacial score (nSPS) is 42.9. The van der Waals surface area contributed by atoms with Gasteiger partial charge in [-0.05, 0) is 44.4 Å². The van der Waals surface area contributed by atoms with Gasteiger partial charge in [0.05, 0.1) is 24.0 Å². The molecule has 31 heavy (non-hydrogen) atoms. The zero-order valence-electron chi connectivity index (χ0n) is 17.8. The molecule has 2 saturated heterocycles. The second kappa shape index (κ2) is 7.59. The lowest BCUT2D eigenvalue weighted by Crippen LogP contribution is -2.66. The Morgan fingerprint density at radius 1 is 0.839 bits per heavy atom. The van der Waals surface area contributed by atoms with E-state index in [1.54, 1.807) is 0 Å². The van der Waals surface area contributed by atoms with Crippen molar-refractivity contribution in [2.24, 2.45) is 16.7 Å². The van der Waals surface area contributed by atoms with Gasteiger partial charge in [0.2, 0.25) is 12.6 Å². The first-order valence-corrected chi connectivity index (χ1v) is 11.4. The lowest BCUT2D eigenvalue weighted by atomic mass is 9.42. The van der Waals surface area contributed by atoms with Gasteiger partial charge in [0, 0.05) is 31.8 Å². The average Bonchev–Trinajstić information content (AvgIpc) is 3.40. The summed E-state index contributed by atoms with van der Waals surface area (Å²) in [6.07, 6.45) is 6.06. The fourth-order valence-corrected chi connectivity index (χ4v) is 6.94. The number of carbonyl (C=O) groups is 3. The van der Waals surface area contributed by atoms with Crippen LogP contribution in [-0.4, -0.2) is 49.3 Å². The molecule has 4 aliphatic carbocycles. The highest BCUT2D eigenvalue weighted by Crippen LogP contribution is 2.68. The van der Waals surface area contributed by atoms with Crippen molar-refractivity contribution < 1.29 is 38.1 Å². The minimum Gasteiger partial charge on any atom is -0.456 e. The SMILES string of the molecule is C=CC(=O)OC12CC3CC(C(=O)OC4CCCO4)(C1)CC(C(=O)OC1CCCO1)(C3)C2. The first-order valence-electron chi connectivity index (χ1n) is 11.4. The zero-order chi connectivity index (χ0) is 21.7. The molecule has 6 aliphatic rings. The Balaban J connectivity index is 1.44. The van der Waals surface area contributed by atoms with Gasteiger partial charge in [-0.3, -0.25) is 9.59 Å². The summed E-state index contributed by atoms with van der Waals surface area (Å²) in [6.45, 7) is 4.66. The second-order valence-corrected chi connectivity index (χ2v) is 10.1. The first-order chi connectivity index (χ1) is 14.9. The van der Waals surface area contributed by atoms with Gasteiger partial charge >= 0.3 is 17.9 Å². The number of esters is 3. The second-order valence-electron chi connectivity index (χ2n) is 10.1. The number of hydrogen-bond donors (Lipinski definition) is 0. The molecule has 0 aromatic carbocycles. The monoisotopic (exact) mass is 434 g/mol. The summed E-state index contributed by atoms with van der Waals surface area (Å²) in [5.41, 5.74) is -2.67. The summed E-state index contributed by atoms with van der Waals surface area (Å²) >= 11 is 0. The predicted octanol–water partition coefficient (Wildman–Crippen LogP) is 2.78. The molecule has 0 aromatic rings. The van der Waals surface area contributed by atoms with E-state index in [9.17, 15) is 14.4 Å². The Labute approximate surface area is 181 Å². The van der Waals surface area contributed by atoms with Crippen molar-refractivity contribution in [3.8, 4) is 0 Å². The van der Waals surface area contributed by atoms with Crippen LogP contribution in [-0.2, 0) is 38.1 Å². The van der Waals surface area contributed by atoms with E-state index in [0.717, 1.165) is 18.9 Å². The predicted molar refractivity (Wildman–Crippen MR) is 105 cm³/mol. The van der Waals surface area contributed by atoms with Crippen molar-refractivity contribution in [2.45, 2.75) is 82.4 Å². The highest BCUT2D eigenvalue weighted by molar-refractivity contribution is 5.85. The third-order valence-electron chi connectivity index (χ3n) is 7.62. The highest BCUT2D eigenvalue weighted by Gasteiger charge is 2.70. The Hall–Kier alpha value is -1.93. The van der Waals surface area contributed by atoms with Crippen LogP contribution in [0.25, 0.3) is 0 Å². The highest BCUT2D eigenvalue weighted by atomic mass is 16.7. The Morgan fingerprint density at radius 3 is 1.84 bits per heavy atom. The maximum atomic E-state index is 13.4. The molecule has 8 heteroatoms. The van der Waals surface area contributed by atoms with E-state index in [1.807, 2.05) is 0 Å². The standard InChI is InChI=1S/C23H30O8/c1-2-16(24)31-23-11-15-9-21(13-23,19(25)29-17-5-3-7-27-17)12-22(10-15,14-23)20(26)30-18-6-4-8-28-18/h2,15,17-18H,1,3-14H2. The van der Waals surface area contributed by atoms with Gasteiger partial charge in [-0.1, -0.05) is 6.58 Å². The molecule has 4 bridgehead atoms. The molecule has 6 rings (SSSR count). The Morgan fingerprint density at radius 2 is 1.39 bits per heavy atom. The van der Waals surface area contributed by atoms with E-state index in [4.69, 9.17) is 23.7 Å². The van der Waals surface area contributed by atoms with Crippen LogP contribution in [0.15, 0.2) is 12.7 Å². The van der Waals surface area contributed by atoms with Crippen molar-refractivity contribution in [2.75, 3.05) is 13.2 Å². The van der Waals surface area contributed by atoms with Crippen molar-refractivity contribution in [3.05, 3.63) is 12.7 Å².